The summed E-state index contributed by atoms with van der Waals surface area (Å²) >= 11 is 0. The molecule has 108 valence electrons. The van der Waals surface area contributed by atoms with Crippen LogP contribution in [0.5, 0.6) is 0 Å². The smallest absolute Gasteiger partial charge is 0.211 e. The minimum Gasteiger partial charge on any atom is -0.389 e. The van der Waals surface area contributed by atoms with Crippen LogP contribution in [-0.2, 0) is 10.0 Å². The first-order chi connectivity index (χ1) is 8.30. The van der Waals surface area contributed by atoms with Crippen LogP contribution in [0.15, 0.2) is 0 Å². The molecule has 1 saturated heterocycles. The number of piperidine rings is 1. The van der Waals surface area contributed by atoms with E-state index in [-0.39, 0.29) is 0 Å². The summed E-state index contributed by atoms with van der Waals surface area (Å²) in [5, 5.41) is 13.5. The van der Waals surface area contributed by atoms with Crippen molar-refractivity contribution in [3.63, 3.8) is 0 Å². The number of sulfonamides is 1. The highest BCUT2D eigenvalue weighted by atomic mass is 32.2. The van der Waals surface area contributed by atoms with E-state index in [4.69, 9.17) is 0 Å². The van der Waals surface area contributed by atoms with Crippen molar-refractivity contribution in [1.29, 1.82) is 0 Å². The highest BCUT2D eigenvalue weighted by Gasteiger charge is 2.27. The Kier molecular flexibility index (Phi) is 5.58. The van der Waals surface area contributed by atoms with E-state index in [9.17, 15) is 13.5 Å². The minimum absolute atomic E-state index is 0.313. The Bertz CT molecular complexity index is 344. The maximum absolute atomic E-state index is 11.4. The van der Waals surface area contributed by atoms with Crippen molar-refractivity contribution in [2.75, 3.05) is 25.9 Å². The normalized spacial score (nSPS) is 20.2. The second-order valence-corrected chi connectivity index (χ2v) is 7.23. The molecule has 0 aromatic heterocycles. The van der Waals surface area contributed by atoms with Gasteiger partial charge in [0.15, 0.2) is 0 Å². The zero-order chi connectivity index (χ0) is 13.8. The van der Waals surface area contributed by atoms with Gasteiger partial charge in [-0.05, 0) is 25.7 Å². The highest BCUT2D eigenvalue weighted by Crippen LogP contribution is 2.16. The molecule has 18 heavy (non-hydrogen) atoms. The minimum atomic E-state index is -3.05. The van der Waals surface area contributed by atoms with Crippen LogP contribution in [0.3, 0.4) is 0 Å². The predicted octanol–water partition coefficient (Wildman–Crippen LogP) is 0.551. The summed E-state index contributed by atoms with van der Waals surface area (Å²) in [6.45, 7) is 5.71. The van der Waals surface area contributed by atoms with Gasteiger partial charge in [0.2, 0.25) is 10.0 Å². The molecule has 6 heteroatoms. The summed E-state index contributed by atoms with van der Waals surface area (Å²) in [5.41, 5.74) is -0.631. The largest absolute Gasteiger partial charge is 0.389 e. The van der Waals surface area contributed by atoms with Gasteiger partial charge in [0.1, 0.15) is 0 Å². The molecule has 1 fully saturated rings. The third-order valence-electron chi connectivity index (χ3n) is 3.96. The molecule has 1 aliphatic heterocycles. The van der Waals surface area contributed by atoms with Gasteiger partial charge in [0, 0.05) is 25.7 Å². The summed E-state index contributed by atoms with van der Waals surface area (Å²) in [4.78, 5) is 0. The fourth-order valence-corrected chi connectivity index (χ4v) is 3.10. The van der Waals surface area contributed by atoms with Crippen LogP contribution in [0, 0.1) is 0 Å². The molecule has 0 saturated carbocycles. The van der Waals surface area contributed by atoms with Gasteiger partial charge in [0.25, 0.3) is 0 Å². The number of rotatable bonds is 6. The highest BCUT2D eigenvalue weighted by molar-refractivity contribution is 7.88. The average molecular weight is 278 g/mol. The Hall–Kier alpha value is -0.170. The van der Waals surface area contributed by atoms with E-state index >= 15 is 0 Å². The summed E-state index contributed by atoms with van der Waals surface area (Å²) in [6, 6.07) is 0.313. The molecule has 2 N–H and O–H groups in total. The van der Waals surface area contributed by atoms with Crippen LogP contribution in [0.1, 0.15) is 39.5 Å². The number of hydrogen-bond donors (Lipinski definition) is 2. The number of aliphatic hydroxyl groups is 1. The Morgan fingerprint density at radius 1 is 1.28 bits per heavy atom. The summed E-state index contributed by atoms with van der Waals surface area (Å²) in [5.74, 6) is 0. The molecule has 1 heterocycles. The molecule has 0 radical (unpaired) electrons. The van der Waals surface area contributed by atoms with Gasteiger partial charge in [0.05, 0.1) is 11.9 Å². The standard InChI is InChI=1S/C12H26N2O3S/c1-4-12(15,5-2)10-13-11-6-8-14(9-7-11)18(3,16)17/h11,13,15H,4-10H2,1-3H3. The lowest BCUT2D eigenvalue weighted by atomic mass is 9.96. The summed E-state index contributed by atoms with van der Waals surface area (Å²) < 4.78 is 24.3. The first kappa shape index (κ1) is 15.9. The molecule has 0 aromatic carbocycles. The van der Waals surface area contributed by atoms with Gasteiger partial charge < -0.3 is 10.4 Å². The lowest BCUT2D eigenvalue weighted by Gasteiger charge is -2.33. The van der Waals surface area contributed by atoms with Crippen LogP contribution in [0.2, 0.25) is 0 Å². The summed E-state index contributed by atoms with van der Waals surface area (Å²) in [6.07, 6.45) is 4.36. The van der Waals surface area contributed by atoms with Gasteiger partial charge in [-0.25, -0.2) is 12.7 Å². The molecule has 0 unspecified atom stereocenters. The molecule has 0 spiro atoms. The fourth-order valence-electron chi connectivity index (χ4n) is 2.23. The molecule has 0 atom stereocenters. The van der Waals surface area contributed by atoms with Crippen molar-refractivity contribution >= 4 is 10.0 Å². The third kappa shape index (κ3) is 4.50. The van der Waals surface area contributed by atoms with Crippen molar-refractivity contribution in [1.82, 2.24) is 9.62 Å². The maximum Gasteiger partial charge on any atom is 0.211 e. The van der Waals surface area contributed by atoms with Crippen molar-refractivity contribution in [2.45, 2.75) is 51.2 Å². The van der Waals surface area contributed by atoms with Gasteiger partial charge in [-0.2, -0.15) is 0 Å². The quantitative estimate of drug-likeness (QED) is 0.744. The molecular formula is C12H26N2O3S. The topological polar surface area (TPSA) is 69.6 Å². The molecule has 5 nitrogen and oxygen atoms in total. The maximum atomic E-state index is 11.4. The van der Waals surface area contributed by atoms with Gasteiger partial charge >= 0.3 is 0 Å². The van der Waals surface area contributed by atoms with Gasteiger partial charge in [-0.15, -0.1) is 0 Å². The van der Waals surface area contributed by atoms with Gasteiger partial charge in [-0.3, -0.25) is 0 Å². The van der Waals surface area contributed by atoms with E-state index in [2.05, 4.69) is 5.32 Å². The monoisotopic (exact) mass is 278 g/mol. The van der Waals surface area contributed by atoms with Crippen molar-refractivity contribution < 1.29 is 13.5 Å². The molecule has 0 aliphatic carbocycles. The van der Waals surface area contributed by atoms with Gasteiger partial charge in [-0.1, -0.05) is 13.8 Å². The third-order valence-corrected chi connectivity index (χ3v) is 5.26. The van der Waals surface area contributed by atoms with E-state index in [1.807, 2.05) is 13.8 Å². The molecule has 1 rings (SSSR count). The average Bonchev–Trinajstić information content (AvgIpc) is 2.35. The van der Waals surface area contributed by atoms with Crippen LogP contribution in [-0.4, -0.2) is 55.4 Å². The second kappa shape index (κ2) is 6.32. The van der Waals surface area contributed by atoms with E-state index in [1.54, 1.807) is 0 Å². The summed E-state index contributed by atoms with van der Waals surface area (Å²) in [7, 11) is -3.05. The fraction of sp³-hybridized carbons (Fsp3) is 1.00. The second-order valence-electron chi connectivity index (χ2n) is 5.25. The molecule has 0 amide bonds. The van der Waals surface area contributed by atoms with E-state index in [0.29, 0.717) is 25.7 Å². The van der Waals surface area contributed by atoms with Crippen molar-refractivity contribution in [3.8, 4) is 0 Å². The zero-order valence-corrected chi connectivity index (χ0v) is 12.5. The number of hydrogen-bond acceptors (Lipinski definition) is 4. The van der Waals surface area contributed by atoms with Crippen LogP contribution >= 0.6 is 0 Å². The molecule has 0 bridgehead atoms. The van der Waals surface area contributed by atoms with Crippen LogP contribution in [0.4, 0.5) is 0 Å². The first-order valence-corrected chi connectivity index (χ1v) is 8.56. The Labute approximate surface area is 111 Å². The van der Waals surface area contributed by atoms with Crippen LogP contribution in [0.25, 0.3) is 0 Å². The van der Waals surface area contributed by atoms with E-state index in [0.717, 1.165) is 25.7 Å². The molecular weight excluding hydrogens is 252 g/mol. The zero-order valence-electron chi connectivity index (χ0n) is 11.6. The lowest BCUT2D eigenvalue weighted by molar-refractivity contribution is 0.0282. The van der Waals surface area contributed by atoms with Crippen molar-refractivity contribution in [3.05, 3.63) is 0 Å². The molecule has 1 aliphatic rings. The van der Waals surface area contributed by atoms with E-state index in [1.165, 1.54) is 10.6 Å². The first-order valence-electron chi connectivity index (χ1n) is 6.71. The lowest BCUT2D eigenvalue weighted by Crippen LogP contribution is -2.49. The predicted molar refractivity (Wildman–Crippen MR) is 73.0 cm³/mol. The Morgan fingerprint density at radius 2 is 1.78 bits per heavy atom. The Balaban J connectivity index is 2.36. The van der Waals surface area contributed by atoms with Crippen molar-refractivity contribution in [2.24, 2.45) is 0 Å². The Morgan fingerprint density at radius 3 is 2.17 bits per heavy atom. The molecule has 0 aromatic rings. The SMILES string of the molecule is CCC(O)(CC)CNC1CCN(S(C)(=O)=O)CC1. The number of nitrogens with one attached hydrogen (secondary N) is 1. The van der Waals surface area contributed by atoms with E-state index < -0.39 is 15.6 Å². The van der Waals surface area contributed by atoms with Crippen LogP contribution < -0.4 is 5.32 Å². The number of nitrogens with zero attached hydrogens (tertiary/aromatic N) is 1.